The molecule has 0 spiro atoms. The first-order valence-corrected chi connectivity index (χ1v) is 5.90. The topological polar surface area (TPSA) is 35.0 Å². The van der Waals surface area contributed by atoms with Gasteiger partial charge in [0.2, 0.25) is 0 Å². The molecule has 2 heteroatoms. The summed E-state index contributed by atoms with van der Waals surface area (Å²) in [6.07, 6.45) is 10.5. The number of halogens is 1. The minimum Gasteiger partial charge on any atom is -0.344 e. The lowest BCUT2D eigenvalue weighted by Gasteiger charge is -2.07. The minimum atomic E-state index is 0. The quantitative estimate of drug-likeness (QED) is 0.579. The lowest BCUT2D eigenvalue weighted by molar-refractivity contribution is 0.693. The van der Waals surface area contributed by atoms with Crippen LogP contribution in [0.2, 0.25) is 0 Å². The van der Waals surface area contributed by atoms with Gasteiger partial charge >= 0.3 is 0 Å². The van der Waals surface area contributed by atoms with Crippen molar-refractivity contribution in [2.45, 2.75) is 66.2 Å². The van der Waals surface area contributed by atoms with E-state index in [2.05, 4.69) is 33.8 Å². The Balaban J connectivity index is -0.000000720. The second-order valence-corrected chi connectivity index (χ2v) is 4.28. The number of unbranched alkanes of at least 4 members (excludes halogenated alkanes) is 2. The highest BCUT2D eigenvalue weighted by Gasteiger charge is 1.98. The van der Waals surface area contributed by atoms with Crippen molar-refractivity contribution in [2.75, 3.05) is 0 Å². The first-order valence-electron chi connectivity index (χ1n) is 5.90. The fourth-order valence-electron chi connectivity index (χ4n) is 1.57. The summed E-state index contributed by atoms with van der Waals surface area (Å²) in [5.41, 5.74) is 1.69. The molecule has 94 valence electrons. The molecule has 3 N–H and O–H groups in total. The molecule has 0 rings (SSSR count). The third kappa shape index (κ3) is 14.0. The summed E-state index contributed by atoms with van der Waals surface area (Å²) in [5.74, 6) is 0.726. The summed E-state index contributed by atoms with van der Waals surface area (Å²) in [5, 5.41) is 0. The third-order valence-electron chi connectivity index (χ3n) is 2.27. The number of hydrogen-bond donors (Lipinski definition) is 1. The highest BCUT2D eigenvalue weighted by atomic mass is 35.5. The SMILES string of the molecule is CCCCC(=CC(C)C)CCCC.Cl.N. The smallest absolute Gasteiger partial charge is 0.0288 e. The molecule has 0 bridgehead atoms. The monoisotopic (exact) mass is 235 g/mol. The van der Waals surface area contributed by atoms with Crippen LogP contribution in [0.25, 0.3) is 0 Å². The van der Waals surface area contributed by atoms with Crippen molar-refractivity contribution in [1.82, 2.24) is 6.15 Å². The predicted octanol–water partition coefficient (Wildman–Crippen LogP) is 5.53. The van der Waals surface area contributed by atoms with E-state index in [0.29, 0.717) is 0 Å². The van der Waals surface area contributed by atoms with Crippen LogP contribution in [-0.2, 0) is 0 Å². The van der Waals surface area contributed by atoms with Gasteiger partial charge in [-0.3, -0.25) is 0 Å². The van der Waals surface area contributed by atoms with E-state index in [4.69, 9.17) is 0 Å². The Morgan fingerprint density at radius 2 is 1.40 bits per heavy atom. The summed E-state index contributed by atoms with van der Waals surface area (Å²) in [6, 6.07) is 0. The lowest BCUT2D eigenvalue weighted by Crippen LogP contribution is -1.89. The molecule has 1 nitrogen and oxygen atoms in total. The highest BCUT2D eigenvalue weighted by molar-refractivity contribution is 5.85. The standard InChI is InChI=1S/C13H26.ClH.H3N/c1-5-7-9-13(10-8-6-2)11-12(3)4;;/h11-12H,5-10H2,1-4H3;1H;1H3. The zero-order valence-electron chi connectivity index (χ0n) is 11.0. The molecule has 0 unspecified atom stereocenters. The van der Waals surface area contributed by atoms with Crippen LogP contribution in [0.4, 0.5) is 0 Å². The summed E-state index contributed by atoms with van der Waals surface area (Å²) in [4.78, 5) is 0. The average molecular weight is 236 g/mol. The van der Waals surface area contributed by atoms with Crippen molar-refractivity contribution in [1.29, 1.82) is 0 Å². The average Bonchev–Trinajstić information content (AvgIpc) is 2.09. The summed E-state index contributed by atoms with van der Waals surface area (Å²) < 4.78 is 0. The largest absolute Gasteiger partial charge is 0.344 e. The van der Waals surface area contributed by atoms with E-state index in [-0.39, 0.29) is 18.6 Å². The van der Waals surface area contributed by atoms with Gasteiger partial charge in [0.25, 0.3) is 0 Å². The molecule has 0 saturated heterocycles. The van der Waals surface area contributed by atoms with Crippen LogP contribution < -0.4 is 6.15 Å². The van der Waals surface area contributed by atoms with Gasteiger partial charge in [-0.25, -0.2) is 0 Å². The van der Waals surface area contributed by atoms with Crippen molar-refractivity contribution >= 4 is 12.4 Å². The van der Waals surface area contributed by atoms with E-state index in [1.807, 2.05) is 0 Å². The molecular formula is C13H30ClN. The molecule has 0 saturated carbocycles. The number of rotatable bonds is 7. The molecule has 0 fully saturated rings. The van der Waals surface area contributed by atoms with Crippen molar-refractivity contribution < 1.29 is 0 Å². The van der Waals surface area contributed by atoms with Crippen molar-refractivity contribution in [3.8, 4) is 0 Å². The van der Waals surface area contributed by atoms with Gasteiger partial charge in [-0.1, -0.05) is 52.2 Å². The Kier molecular flexibility index (Phi) is 19.0. The van der Waals surface area contributed by atoms with Crippen LogP contribution >= 0.6 is 12.4 Å². The van der Waals surface area contributed by atoms with Gasteiger partial charge in [0.05, 0.1) is 0 Å². The molecule has 0 aromatic heterocycles. The molecule has 0 atom stereocenters. The van der Waals surface area contributed by atoms with Gasteiger partial charge in [-0.2, -0.15) is 0 Å². The fraction of sp³-hybridized carbons (Fsp3) is 0.846. The molecule has 0 aliphatic carbocycles. The highest BCUT2D eigenvalue weighted by Crippen LogP contribution is 2.17. The first kappa shape index (κ1) is 20.4. The van der Waals surface area contributed by atoms with E-state index < -0.39 is 0 Å². The van der Waals surface area contributed by atoms with Crippen LogP contribution in [0.15, 0.2) is 11.6 Å². The third-order valence-corrected chi connectivity index (χ3v) is 2.27. The summed E-state index contributed by atoms with van der Waals surface area (Å²) in [6.45, 7) is 9.09. The van der Waals surface area contributed by atoms with E-state index in [9.17, 15) is 0 Å². The molecule has 0 aliphatic rings. The van der Waals surface area contributed by atoms with Gasteiger partial charge in [-0.05, 0) is 31.6 Å². The molecule has 0 radical (unpaired) electrons. The van der Waals surface area contributed by atoms with Crippen molar-refractivity contribution in [3.05, 3.63) is 11.6 Å². The molecule has 0 heterocycles. The molecule has 0 aromatic carbocycles. The Morgan fingerprint density at radius 3 is 1.67 bits per heavy atom. The van der Waals surface area contributed by atoms with E-state index >= 15 is 0 Å². The second-order valence-electron chi connectivity index (χ2n) is 4.28. The van der Waals surface area contributed by atoms with Crippen LogP contribution in [0.3, 0.4) is 0 Å². The normalized spacial score (nSPS) is 9.13. The maximum atomic E-state index is 2.46. The van der Waals surface area contributed by atoms with E-state index in [1.54, 1.807) is 5.57 Å². The van der Waals surface area contributed by atoms with Crippen LogP contribution in [0.1, 0.15) is 66.2 Å². The van der Waals surface area contributed by atoms with Crippen LogP contribution in [0, 0.1) is 5.92 Å². The Hall–Kier alpha value is -0.0100. The maximum Gasteiger partial charge on any atom is -0.0288 e. The van der Waals surface area contributed by atoms with E-state index in [1.165, 1.54) is 38.5 Å². The maximum absolute atomic E-state index is 2.46. The zero-order valence-corrected chi connectivity index (χ0v) is 11.8. The van der Waals surface area contributed by atoms with Gasteiger partial charge in [0, 0.05) is 0 Å². The van der Waals surface area contributed by atoms with E-state index in [0.717, 1.165) is 5.92 Å². The van der Waals surface area contributed by atoms with Gasteiger partial charge in [-0.15, -0.1) is 12.4 Å². The number of allylic oxidation sites excluding steroid dienone is 2. The zero-order chi connectivity index (χ0) is 10.1. The number of hydrogen-bond acceptors (Lipinski definition) is 1. The molecule has 0 amide bonds. The Labute approximate surface area is 103 Å². The molecule has 0 aliphatic heterocycles. The van der Waals surface area contributed by atoms with Crippen LogP contribution in [-0.4, -0.2) is 0 Å². The second kappa shape index (κ2) is 14.0. The molecule has 0 aromatic rings. The van der Waals surface area contributed by atoms with Crippen molar-refractivity contribution in [3.63, 3.8) is 0 Å². The van der Waals surface area contributed by atoms with Gasteiger partial charge < -0.3 is 6.15 Å². The fourth-order valence-corrected chi connectivity index (χ4v) is 1.57. The molecular weight excluding hydrogens is 206 g/mol. The first-order chi connectivity index (χ1) is 6.20. The van der Waals surface area contributed by atoms with Gasteiger partial charge in [0.15, 0.2) is 0 Å². The van der Waals surface area contributed by atoms with Crippen LogP contribution in [0.5, 0.6) is 0 Å². The predicted molar refractivity (Wildman–Crippen MR) is 74.2 cm³/mol. The Morgan fingerprint density at radius 1 is 1.00 bits per heavy atom. The Bertz CT molecular complexity index is 131. The molecule has 15 heavy (non-hydrogen) atoms. The summed E-state index contributed by atoms with van der Waals surface area (Å²) in [7, 11) is 0. The minimum absolute atomic E-state index is 0. The summed E-state index contributed by atoms with van der Waals surface area (Å²) >= 11 is 0. The lowest BCUT2D eigenvalue weighted by atomic mass is 9.99. The van der Waals surface area contributed by atoms with Gasteiger partial charge in [0.1, 0.15) is 0 Å². The van der Waals surface area contributed by atoms with Crippen molar-refractivity contribution in [2.24, 2.45) is 5.92 Å².